The molecule has 1 aliphatic heterocycles. The highest BCUT2D eigenvalue weighted by molar-refractivity contribution is 5.41. The summed E-state index contributed by atoms with van der Waals surface area (Å²) < 4.78 is 5.45. The Bertz CT molecular complexity index is 445. The molecular formula is C17H27NO2. The molecule has 0 radical (unpaired) electrons. The summed E-state index contributed by atoms with van der Waals surface area (Å²) in [5.74, 6) is 1.12. The van der Waals surface area contributed by atoms with Crippen LogP contribution in [0.2, 0.25) is 0 Å². The van der Waals surface area contributed by atoms with E-state index >= 15 is 0 Å². The van der Waals surface area contributed by atoms with E-state index < -0.39 is 6.10 Å². The molecule has 3 heteroatoms. The highest BCUT2D eigenvalue weighted by Crippen LogP contribution is 2.36. The van der Waals surface area contributed by atoms with Crippen molar-refractivity contribution in [1.82, 2.24) is 5.32 Å². The number of methoxy groups -OCH3 is 1. The molecule has 1 fully saturated rings. The molecule has 20 heavy (non-hydrogen) atoms. The van der Waals surface area contributed by atoms with Crippen LogP contribution in [0.25, 0.3) is 0 Å². The van der Waals surface area contributed by atoms with E-state index in [-0.39, 0.29) is 5.41 Å². The van der Waals surface area contributed by atoms with Gasteiger partial charge in [-0.25, -0.2) is 0 Å². The molecule has 1 atom stereocenters. The maximum Gasteiger partial charge on any atom is 0.124 e. The minimum absolute atomic E-state index is 0.0782. The molecule has 1 heterocycles. The summed E-state index contributed by atoms with van der Waals surface area (Å²) in [4.78, 5) is 0. The molecule has 0 aromatic heterocycles. The molecule has 0 amide bonds. The maximum atomic E-state index is 10.7. The van der Waals surface area contributed by atoms with E-state index in [4.69, 9.17) is 4.74 Å². The Morgan fingerprint density at radius 1 is 1.25 bits per heavy atom. The number of hydrogen-bond acceptors (Lipinski definition) is 3. The van der Waals surface area contributed by atoms with Crippen molar-refractivity contribution in [1.29, 1.82) is 0 Å². The average Bonchev–Trinajstić information content (AvgIpc) is 2.45. The van der Waals surface area contributed by atoms with Gasteiger partial charge in [-0.15, -0.1) is 0 Å². The number of nitrogens with one attached hydrogen (secondary N) is 1. The molecule has 0 saturated carbocycles. The number of piperidine rings is 1. The van der Waals surface area contributed by atoms with Gasteiger partial charge in [0.05, 0.1) is 13.2 Å². The molecule has 3 nitrogen and oxygen atoms in total. The Morgan fingerprint density at radius 2 is 1.90 bits per heavy atom. The van der Waals surface area contributed by atoms with E-state index in [1.165, 1.54) is 5.56 Å². The topological polar surface area (TPSA) is 41.5 Å². The molecule has 1 unspecified atom stereocenters. The first kappa shape index (κ1) is 15.3. The fraction of sp³-hybridized carbons (Fsp3) is 0.647. The van der Waals surface area contributed by atoms with Crippen LogP contribution in [0, 0.1) is 5.92 Å². The van der Waals surface area contributed by atoms with Gasteiger partial charge in [0.1, 0.15) is 5.75 Å². The largest absolute Gasteiger partial charge is 0.496 e. The van der Waals surface area contributed by atoms with Crippen molar-refractivity contribution in [3.63, 3.8) is 0 Å². The van der Waals surface area contributed by atoms with Gasteiger partial charge < -0.3 is 15.2 Å². The third-order valence-electron chi connectivity index (χ3n) is 4.24. The minimum atomic E-state index is -0.436. The van der Waals surface area contributed by atoms with Gasteiger partial charge in [-0.2, -0.15) is 0 Å². The summed E-state index contributed by atoms with van der Waals surface area (Å²) in [6.45, 7) is 8.55. The molecule has 112 valence electrons. The van der Waals surface area contributed by atoms with Crippen molar-refractivity contribution in [3.8, 4) is 5.75 Å². The second kappa shape index (κ2) is 6.15. The van der Waals surface area contributed by atoms with Crippen LogP contribution in [0.15, 0.2) is 18.2 Å². The molecule has 1 aliphatic rings. The monoisotopic (exact) mass is 277 g/mol. The molecule has 1 saturated heterocycles. The normalized spacial score (nSPS) is 18.9. The van der Waals surface area contributed by atoms with Crippen LogP contribution in [0.3, 0.4) is 0 Å². The van der Waals surface area contributed by atoms with Gasteiger partial charge in [0, 0.05) is 5.56 Å². The number of benzene rings is 1. The summed E-state index contributed by atoms with van der Waals surface area (Å²) in [6.07, 6.45) is 1.60. The zero-order valence-corrected chi connectivity index (χ0v) is 13.1. The first-order chi connectivity index (χ1) is 9.43. The number of aliphatic hydroxyl groups excluding tert-OH is 1. The highest BCUT2D eigenvalue weighted by atomic mass is 16.5. The van der Waals surface area contributed by atoms with E-state index in [1.807, 2.05) is 6.07 Å². The van der Waals surface area contributed by atoms with Crippen LogP contribution in [0.5, 0.6) is 5.75 Å². The molecule has 2 N–H and O–H groups in total. The summed E-state index contributed by atoms with van der Waals surface area (Å²) in [5.41, 5.74) is 2.25. The van der Waals surface area contributed by atoms with Crippen molar-refractivity contribution in [2.24, 2.45) is 5.92 Å². The van der Waals surface area contributed by atoms with Crippen LogP contribution in [0.1, 0.15) is 50.8 Å². The lowest BCUT2D eigenvalue weighted by Gasteiger charge is -2.29. The smallest absolute Gasteiger partial charge is 0.124 e. The molecule has 1 aromatic rings. The van der Waals surface area contributed by atoms with Crippen molar-refractivity contribution < 1.29 is 9.84 Å². The standard InChI is InChI=1S/C17H27NO2/c1-17(2,3)13-5-6-15(20-4)14(11-13)16(19)12-7-9-18-10-8-12/h5-6,11-12,16,18-19H,7-10H2,1-4H3. The first-order valence-corrected chi connectivity index (χ1v) is 7.50. The van der Waals surface area contributed by atoms with E-state index in [0.717, 1.165) is 37.2 Å². The van der Waals surface area contributed by atoms with Gasteiger partial charge in [-0.3, -0.25) is 0 Å². The molecule has 0 aliphatic carbocycles. The van der Waals surface area contributed by atoms with Gasteiger partial charge in [0.25, 0.3) is 0 Å². The van der Waals surface area contributed by atoms with Crippen LogP contribution >= 0.6 is 0 Å². The number of ether oxygens (including phenoxy) is 1. The third kappa shape index (κ3) is 3.33. The minimum Gasteiger partial charge on any atom is -0.496 e. The third-order valence-corrected chi connectivity index (χ3v) is 4.24. The number of aliphatic hydroxyl groups is 1. The second-order valence-electron chi connectivity index (χ2n) is 6.74. The Labute approximate surface area is 122 Å². The van der Waals surface area contributed by atoms with Crippen LogP contribution < -0.4 is 10.1 Å². The van der Waals surface area contributed by atoms with Crippen molar-refractivity contribution in [2.75, 3.05) is 20.2 Å². The summed E-state index contributed by atoms with van der Waals surface area (Å²) in [7, 11) is 1.67. The lowest BCUT2D eigenvalue weighted by molar-refractivity contribution is 0.0863. The van der Waals surface area contributed by atoms with Gasteiger partial charge in [-0.1, -0.05) is 26.8 Å². The fourth-order valence-corrected chi connectivity index (χ4v) is 2.85. The maximum absolute atomic E-state index is 10.7. The van der Waals surface area contributed by atoms with Crippen LogP contribution in [0.4, 0.5) is 0 Å². The van der Waals surface area contributed by atoms with Crippen LogP contribution in [-0.2, 0) is 5.41 Å². The van der Waals surface area contributed by atoms with E-state index in [0.29, 0.717) is 5.92 Å². The lowest BCUT2D eigenvalue weighted by Crippen LogP contribution is -2.31. The summed E-state index contributed by atoms with van der Waals surface area (Å²) in [5, 5.41) is 14.1. The Morgan fingerprint density at radius 3 is 2.45 bits per heavy atom. The zero-order valence-electron chi connectivity index (χ0n) is 13.1. The molecule has 1 aromatic carbocycles. The number of hydrogen-bond donors (Lipinski definition) is 2. The molecular weight excluding hydrogens is 250 g/mol. The van der Waals surface area contributed by atoms with Gasteiger partial charge in [0.15, 0.2) is 0 Å². The van der Waals surface area contributed by atoms with Gasteiger partial charge >= 0.3 is 0 Å². The Kier molecular flexibility index (Phi) is 4.71. The Balaban J connectivity index is 2.32. The summed E-state index contributed by atoms with van der Waals surface area (Å²) >= 11 is 0. The fourth-order valence-electron chi connectivity index (χ4n) is 2.85. The zero-order chi connectivity index (χ0) is 14.8. The van der Waals surface area contributed by atoms with Crippen molar-refractivity contribution in [2.45, 2.75) is 45.1 Å². The second-order valence-corrected chi connectivity index (χ2v) is 6.74. The molecule has 2 rings (SSSR count). The van der Waals surface area contributed by atoms with Crippen molar-refractivity contribution >= 4 is 0 Å². The molecule has 0 bridgehead atoms. The average molecular weight is 277 g/mol. The summed E-state index contributed by atoms with van der Waals surface area (Å²) in [6, 6.07) is 6.20. The van der Waals surface area contributed by atoms with Gasteiger partial charge in [0.2, 0.25) is 0 Å². The predicted octanol–water partition coefficient (Wildman–Crippen LogP) is 3.03. The highest BCUT2D eigenvalue weighted by Gasteiger charge is 2.26. The lowest BCUT2D eigenvalue weighted by atomic mass is 9.82. The Hall–Kier alpha value is -1.06. The van der Waals surface area contributed by atoms with Gasteiger partial charge in [-0.05, 0) is 55.0 Å². The van der Waals surface area contributed by atoms with E-state index in [1.54, 1.807) is 7.11 Å². The SMILES string of the molecule is COc1ccc(C(C)(C)C)cc1C(O)C1CCNCC1. The molecule has 0 spiro atoms. The first-order valence-electron chi connectivity index (χ1n) is 7.50. The predicted molar refractivity (Wildman–Crippen MR) is 82.2 cm³/mol. The van der Waals surface area contributed by atoms with E-state index in [9.17, 15) is 5.11 Å². The quantitative estimate of drug-likeness (QED) is 0.892. The number of rotatable bonds is 3. The van der Waals surface area contributed by atoms with E-state index in [2.05, 4.69) is 38.2 Å². The van der Waals surface area contributed by atoms with Crippen LogP contribution in [-0.4, -0.2) is 25.3 Å². The van der Waals surface area contributed by atoms with Crippen molar-refractivity contribution in [3.05, 3.63) is 29.3 Å².